The van der Waals surface area contributed by atoms with Crippen molar-refractivity contribution in [1.82, 2.24) is 5.32 Å². The minimum absolute atomic E-state index is 0.0685. The van der Waals surface area contributed by atoms with Crippen molar-refractivity contribution < 1.29 is 28.9 Å². The number of aromatic hydroxyl groups is 1. The van der Waals surface area contributed by atoms with Crippen molar-refractivity contribution in [2.45, 2.75) is 45.8 Å². The SMILES string of the molecule is CCOC(=O)[C@H](Cc1ccccc1)NC(=O)c1cc(Cc2c(C)cc(CP(C)(=O)O)cc2C)ccc1O. The first-order chi connectivity index (χ1) is 17.5. The van der Waals surface area contributed by atoms with Gasteiger partial charge in [-0.2, -0.15) is 0 Å². The first-order valence-electron chi connectivity index (χ1n) is 12.2. The Hall–Kier alpha value is -3.41. The third-order valence-corrected chi connectivity index (χ3v) is 7.03. The first kappa shape index (κ1) is 28.2. The summed E-state index contributed by atoms with van der Waals surface area (Å²) in [5.41, 5.74) is 5.55. The summed E-state index contributed by atoms with van der Waals surface area (Å²) in [4.78, 5) is 35.5. The van der Waals surface area contributed by atoms with Gasteiger partial charge in [0, 0.05) is 19.2 Å². The van der Waals surface area contributed by atoms with E-state index in [2.05, 4.69) is 5.32 Å². The van der Waals surface area contributed by atoms with Crippen molar-refractivity contribution in [3.8, 4) is 5.75 Å². The third kappa shape index (κ3) is 8.04. The van der Waals surface area contributed by atoms with Crippen LogP contribution in [-0.2, 0) is 33.1 Å². The molecule has 3 N–H and O–H groups in total. The van der Waals surface area contributed by atoms with Gasteiger partial charge in [0.2, 0.25) is 7.37 Å². The number of ether oxygens (including phenoxy) is 1. The van der Waals surface area contributed by atoms with E-state index in [1.54, 1.807) is 19.1 Å². The van der Waals surface area contributed by atoms with E-state index < -0.39 is 25.3 Å². The predicted molar refractivity (Wildman–Crippen MR) is 144 cm³/mol. The highest BCUT2D eigenvalue weighted by atomic mass is 31.2. The molecule has 0 bridgehead atoms. The van der Waals surface area contributed by atoms with Crippen molar-refractivity contribution in [2.75, 3.05) is 13.3 Å². The Morgan fingerprint density at radius 3 is 2.22 bits per heavy atom. The molecule has 8 heteroatoms. The highest BCUT2D eigenvalue weighted by molar-refractivity contribution is 7.56. The number of amides is 1. The number of hydrogen-bond acceptors (Lipinski definition) is 5. The number of benzene rings is 3. The second-order valence-electron chi connectivity index (χ2n) is 9.41. The van der Waals surface area contributed by atoms with E-state index in [9.17, 15) is 24.2 Å². The van der Waals surface area contributed by atoms with Crippen molar-refractivity contribution in [3.05, 3.63) is 99.6 Å². The molecule has 3 aromatic rings. The second kappa shape index (κ2) is 12.2. The Labute approximate surface area is 218 Å². The molecule has 0 aliphatic rings. The maximum absolute atomic E-state index is 13.2. The van der Waals surface area contributed by atoms with Crippen LogP contribution in [-0.4, -0.2) is 41.2 Å². The van der Waals surface area contributed by atoms with Gasteiger partial charge >= 0.3 is 5.97 Å². The van der Waals surface area contributed by atoms with Crippen LogP contribution >= 0.6 is 7.37 Å². The average Bonchev–Trinajstić information content (AvgIpc) is 2.81. The van der Waals surface area contributed by atoms with Gasteiger partial charge in [-0.05, 0) is 72.7 Å². The third-order valence-electron chi connectivity index (χ3n) is 6.08. The number of carbonyl (C=O) groups excluding carboxylic acids is 2. The van der Waals surface area contributed by atoms with Crippen molar-refractivity contribution >= 4 is 19.2 Å². The lowest BCUT2D eigenvalue weighted by atomic mass is 9.93. The molecule has 3 aromatic carbocycles. The zero-order valence-electron chi connectivity index (χ0n) is 21.7. The molecule has 3 rings (SSSR count). The Balaban J connectivity index is 1.83. The van der Waals surface area contributed by atoms with Gasteiger partial charge in [-0.15, -0.1) is 0 Å². The van der Waals surface area contributed by atoms with Crippen LogP contribution in [0.1, 0.15) is 50.7 Å². The van der Waals surface area contributed by atoms with E-state index in [4.69, 9.17) is 4.74 Å². The van der Waals surface area contributed by atoms with Crippen molar-refractivity contribution in [3.63, 3.8) is 0 Å². The van der Waals surface area contributed by atoms with Crippen LogP contribution < -0.4 is 5.32 Å². The van der Waals surface area contributed by atoms with Gasteiger partial charge in [-0.1, -0.05) is 48.5 Å². The molecule has 0 aliphatic carbocycles. The van der Waals surface area contributed by atoms with E-state index in [1.165, 1.54) is 12.7 Å². The molecule has 1 unspecified atom stereocenters. The molecular weight excluding hydrogens is 489 g/mol. The number of nitrogens with one attached hydrogen (secondary N) is 1. The molecule has 1 amide bonds. The molecule has 0 saturated heterocycles. The van der Waals surface area contributed by atoms with E-state index in [0.29, 0.717) is 6.42 Å². The van der Waals surface area contributed by atoms with Gasteiger partial charge < -0.3 is 20.1 Å². The fourth-order valence-electron chi connectivity index (χ4n) is 4.39. The van der Waals surface area contributed by atoms with Gasteiger partial charge in [0.05, 0.1) is 12.2 Å². The lowest BCUT2D eigenvalue weighted by molar-refractivity contribution is -0.145. The second-order valence-corrected chi connectivity index (χ2v) is 11.8. The number of phenols is 1. The fraction of sp³-hybridized carbons (Fsp3) is 0.310. The van der Waals surface area contributed by atoms with Crippen LogP contribution in [0, 0.1) is 13.8 Å². The zero-order valence-corrected chi connectivity index (χ0v) is 22.5. The summed E-state index contributed by atoms with van der Waals surface area (Å²) in [6.45, 7) is 7.14. The number of aryl methyl sites for hydroxylation is 2. The summed E-state index contributed by atoms with van der Waals surface area (Å²) in [7, 11) is -3.18. The molecule has 0 fully saturated rings. The van der Waals surface area contributed by atoms with E-state index in [-0.39, 0.29) is 30.5 Å². The van der Waals surface area contributed by atoms with Crippen molar-refractivity contribution in [1.29, 1.82) is 0 Å². The highest BCUT2D eigenvalue weighted by Gasteiger charge is 2.25. The summed E-state index contributed by atoms with van der Waals surface area (Å²) < 4.78 is 17.0. The maximum Gasteiger partial charge on any atom is 0.328 e. The van der Waals surface area contributed by atoms with E-state index in [0.717, 1.165) is 33.4 Å². The summed E-state index contributed by atoms with van der Waals surface area (Å²) in [6.07, 6.45) is 0.880. The molecule has 7 nitrogen and oxygen atoms in total. The molecule has 0 radical (unpaired) electrons. The number of hydrogen-bond donors (Lipinski definition) is 3. The molecule has 0 aliphatic heterocycles. The summed E-state index contributed by atoms with van der Waals surface area (Å²) >= 11 is 0. The average molecular weight is 524 g/mol. The molecule has 196 valence electrons. The van der Waals surface area contributed by atoms with Crippen LogP contribution in [0.5, 0.6) is 5.75 Å². The Morgan fingerprint density at radius 2 is 1.62 bits per heavy atom. The quantitative estimate of drug-likeness (QED) is 0.257. The minimum atomic E-state index is -3.18. The summed E-state index contributed by atoms with van der Waals surface area (Å²) in [5, 5.41) is 13.2. The molecule has 0 spiro atoms. The number of phenolic OH excluding ortho intramolecular Hbond substituents is 1. The topological polar surface area (TPSA) is 113 Å². The van der Waals surface area contributed by atoms with Crippen LogP contribution in [0.15, 0.2) is 60.7 Å². The maximum atomic E-state index is 13.2. The molecule has 0 saturated carbocycles. The van der Waals surface area contributed by atoms with Gasteiger partial charge in [-0.3, -0.25) is 9.36 Å². The Bertz CT molecular complexity index is 1290. The molecular formula is C29H34NO6P. The van der Waals surface area contributed by atoms with Crippen molar-refractivity contribution in [2.24, 2.45) is 0 Å². The van der Waals surface area contributed by atoms with E-state index >= 15 is 0 Å². The highest BCUT2D eigenvalue weighted by Crippen LogP contribution is 2.40. The van der Waals surface area contributed by atoms with Gasteiger partial charge in [0.15, 0.2) is 0 Å². The normalized spacial score (nSPS) is 13.4. The summed E-state index contributed by atoms with van der Waals surface area (Å²) in [5.74, 6) is -1.30. The van der Waals surface area contributed by atoms with Gasteiger partial charge in [-0.25, -0.2) is 4.79 Å². The number of carbonyl (C=O) groups is 2. The lowest BCUT2D eigenvalue weighted by Gasteiger charge is -2.18. The summed E-state index contributed by atoms with van der Waals surface area (Å²) in [6, 6.07) is 17.1. The lowest BCUT2D eigenvalue weighted by Crippen LogP contribution is -2.43. The largest absolute Gasteiger partial charge is 0.507 e. The number of esters is 1. The number of rotatable bonds is 10. The van der Waals surface area contributed by atoms with Crippen LogP contribution in [0.25, 0.3) is 0 Å². The minimum Gasteiger partial charge on any atom is -0.507 e. The van der Waals surface area contributed by atoms with Gasteiger partial charge in [0.1, 0.15) is 11.8 Å². The molecule has 37 heavy (non-hydrogen) atoms. The van der Waals surface area contributed by atoms with Crippen LogP contribution in [0.2, 0.25) is 0 Å². The first-order valence-corrected chi connectivity index (χ1v) is 14.5. The van der Waals surface area contributed by atoms with Crippen LogP contribution in [0.3, 0.4) is 0 Å². The van der Waals surface area contributed by atoms with Gasteiger partial charge in [0.25, 0.3) is 5.91 Å². The standard InChI is InChI=1S/C29H34NO6P/c1-5-36-29(33)26(17-21-9-7-6-8-10-21)30-28(32)25-16-22(11-12-27(25)31)15-24-19(2)13-23(14-20(24)3)18-37(4,34)35/h6-14,16,26,31H,5,15,17-18H2,1-4H3,(H,30,32)(H,34,35)/t26-/m0/s1. The fourth-order valence-corrected chi connectivity index (χ4v) is 5.25. The Kier molecular flexibility index (Phi) is 9.30. The Morgan fingerprint density at radius 1 is 0.973 bits per heavy atom. The molecule has 0 heterocycles. The monoisotopic (exact) mass is 523 g/mol. The van der Waals surface area contributed by atoms with E-state index in [1.807, 2.05) is 56.3 Å². The molecule has 0 aromatic heterocycles. The zero-order chi connectivity index (χ0) is 27.2. The predicted octanol–water partition coefficient (Wildman–Crippen LogP) is 4.90. The van der Waals surface area contributed by atoms with Crippen LogP contribution in [0.4, 0.5) is 0 Å². The smallest absolute Gasteiger partial charge is 0.328 e. The molecule has 2 atom stereocenters.